The van der Waals surface area contributed by atoms with Crippen molar-refractivity contribution in [3.8, 4) is 0 Å². The number of benzene rings is 4. The second-order valence-corrected chi connectivity index (χ2v) is 7.79. The largest absolute Gasteiger partial charge is 0.282 e. The number of amides is 4. The first-order valence-electron chi connectivity index (χ1n) is 10.4. The van der Waals surface area contributed by atoms with Gasteiger partial charge in [-0.1, -0.05) is 48.5 Å². The van der Waals surface area contributed by atoms with Crippen LogP contribution in [-0.4, -0.2) is 46.1 Å². The van der Waals surface area contributed by atoms with E-state index in [1.807, 2.05) is 24.3 Å². The van der Waals surface area contributed by atoms with Gasteiger partial charge in [0.05, 0.1) is 34.7 Å². The first-order valence-corrected chi connectivity index (χ1v) is 10.4. The molecule has 0 radical (unpaired) electrons. The lowest BCUT2D eigenvalue weighted by Crippen LogP contribution is -2.37. The summed E-state index contributed by atoms with van der Waals surface area (Å²) in [6, 6.07) is 20.9. The average Bonchev–Trinajstić information content (AvgIpc) is 2.86. The zero-order chi connectivity index (χ0) is 23.4. The van der Waals surface area contributed by atoms with Gasteiger partial charge in [0.15, 0.2) is 0 Å². The van der Waals surface area contributed by atoms with Gasteiger partial charge in [-0.05, 0) is 35.0 Å². The summed E-state index contributed by atoms with van der Waals surface area (Å²) in [4.78, 5) is 51.5. The van der Waals surface area contributed by atoms with Crippen molar-refractivity contribution >= 4 is 57.6 Å². The molecular formula is C26H14N4O4. The summed E-state index contributed by atoms with van der Waals surface area (Å²) in [6.07, 6.45) is 2.21. The lowest BCUT2D eigenvalue weighted by molar-refractivity contribution is 0.0599. The molecule has 4 amide bonds. The van der Waals surface area contributed by atoms with Gasteiger partial charge in [0.1, 0.15) is 0 Å². The molecule has 0 fully saturated rings. The summed E-state index contributed by atoms with van der Waals surface area (Å²) in [5, 5.41) is 12.2. The Kier molecular flexibility index (Phi) is 4.21. The Balaban J connectivity index is 1.30. The number of hydrazone groups is 2. The van der Waals surface area contributed by atoms with Crippen LogP contribution in [0.5, 0.6) is 0 Å². The van der Waals surface area contributed by atoms with E-state index < -0.39 is 23.6 Å². The molecular weight excluding hydrogens is 432 g/mol. The summed E-state index contributed by atoms with van der Waals surface area (Å²) >= 11 is 0. The smallest absolute Gasteiger partial charge is 0.267 e. The van der Waals surface area contributed by atoms with Gasteiger partial charge in [0.25, 0.3) is 23.6 Å². The minimum Gasteiger partial charge on any atom is -0.267 e. The minimum atomic E-state index is -0.565. The van der Waals surface area contributed by atoms with E-state index in [0.717, 1.165) is 33.2 Å². The van der Waals surface area contributed by atoms with E-state index in [-0.39, 0.29) is 0 Å². The molecule has 8 nitrogen and oxygen atoms in total. The van der Waals surface area contributed by atoms with Crippen LogP contribution in [0.25, 0.3) is 21.5 Å². The fourth-order valence-electron chi connectivity index (χ4n) is 4.44. The molecule has 34 heavy (non-hydrogen) atoms. The summed E-state index contributed by atoms with van der Waals surface area (Å²) in [6.45, 7) is 0. The molecule has 0 aromatic heterocycles. The van der Waals surface area contributed by atoms with Crippen molar-refractivity contribution in [1.29, 1.82) is 0 Å². The Morgan fingerprint density at radius 2 is 0.765 bits per heavy atom. The average molecular weight is 446 g/mol. The molecule has 0 aliphatic carbocycles. The number of carbonyl (C=O) groups excluding carboxylic acids is 4. The number of carbonyl (C=O) groups is 4. The highest BCUT2D eigenvalue weighted by atomic mass is 16.2. The number of imide groups is 2. The Hall–Kier alpha value is -4.98. The summed E-state index contributed by atoms with van der Waals surface area (Å²) in [5.41, 5.74) is 1.47. The lowest BCUT2D eigenvalue weighted by Gasteiger charge is -2.23. The van der Waals surface area contributed by atoms with E-state index in [1.54, 1.807) is 48.5 Å². The Bertz CT molecular complexity index is 1430. The third-order valence-electron chi connectivity index (χ3n) is 5.93. The van der Waals surface area contributed by atoms with Crippen LogP contribution in [0.4, 0.5) is 0 Å². The molecule has 6 rings (SSSR count). The van der Waals surface area contributed by atoms with Gasteiger partial charge < -0.3 is 0 Å². The van der Waals surface area contributed by atoms with E-state index in [4.69, 9.17) is 0 Å². The third-order valence-corrected chi connectivity index (χ3v) is 5.93. The number of hydrogen-bond donors (Lipinski definition) is 0. The standard InChI is InChI=1S/C26H14N4O4/c31-23-17-9-1-5-15-6-2-10-18(21(15)17)24(32)29(23)27-13-14-28-30-25(33)19-11-3-7-16-8-4-12-20(22(16)19)26(30)34/h1-14H. The molecule has 4 aromatic rings. The lowest BCUT2D eigenvalue weighted by atomic mass is 9.95. The number of hydrogen-bond acceptors (Lipinski definition) is 6. The van der Waals surface area contributed by atoms with Gasteiger partial charge in [-0.15, -0.1) is 0 Å². The molecule has 0 saturated heterocycles. The van der Waals surface area contributed by atoms with Crippen LogP contribution < -0.4 is 0 Å². The predicted molar refractivity (Wildman–Crippen MR) is 126 cm³/mol. The van der Waals surface area contributed by atoms with Crippen LogP contribution in [0.2, 0.25) is 0 Å². The SMILES string of the molecule is O=C1c2cccc3cccc(c23)C(=O)N1N=CC=NN1C(=O)c2cccc3cccc(c23)C1=O. The molecule has 8 heteroatoms. The van der Waals surface area contributed by atoms with Crippen LogP contribution in [0, 0.1) is 0 Å². The fraction of sp³-hybridized carbons (Fsp3) is 0. The zero-order valence-corrected chi connectivity index (χ0v) is 17.5. The van der Waals surface area contributed by atoms with E-state index in [1.165, 1.54) is 0 Å². The molecule has 0 unspecified atom stereocenters. The normalized spacial score (nSPS) is 15.5. The highest BCUT2D eigenvalue weighted by molar-refractivity contribution is 6.28. The van der Waals surface area contributed by atoms with Gasteiger partial charge in [-0.2, -0.15) is 20.2 Å². The van der Waals surface area contributed by atoms with Crippen molar-refractivity contribution in [2.24, 2.45) is 10.2 Å². The van der Waals surface area contributed by atoms with Gasteiger partial charge in [0.2, 0.25) is 0 Å². The predicted octanol–water partition coefficient (Wildman–Crippen LogP) is 3.86. The summed E-state index contributed by atoms with van der Waals surface area (Å²) < 4.78 is 0. The Morgan fingerprint density at radius 3 is 1.06 bits per heavy atom. The maximum absolute atomic E-state index is 12.9. The maximum atomic E-state index is 12.9. The minimum absolute atomic E-state index is 0.368. The Morgan fingerprint density at radius 1 is 0.471 bits per heavy atom. The van der Waals surface area contributed by atoms with Crippen molar-refractivity contribution in [2.75, 3.05) is 0 Å². The highest BCUT2D eigenvalue weighted by Crippen LogP contribution is 2.31. The van der Waals surface area contributed by atoms with Gasteiger partial charge in [-0.25, -0.2) is 0 Å². The second kappa shape index (κ2) is 7.28. The van der Waals surface area contributed by atoms with Crippen molar-refractivity contribution in [1.82, 2.24) is 10.0 Å². The van der Waals surface area contributed by atoms with Crippen molar-refractivity contribution in [2.45, 2.75) is 0 Å². The molecule has 162 valence electrons. The molecule has 0 saturated carbocycles. The van der Waals surface area contributed by atoms with E-state index in [9.17, 15) is 19.2 Å². The molecule has 2 aliphatic heterocycles. The quantitative estimate of drug-likeness (QED) is 0.352. The highest BCUT2D eigenvalue weighted by Gasteiger charge is 2.34. The molecule has 4 aromatic carbocycles. The van der Waals surface area contributed by atoms with Crippen LogP contribution in [0.15, 0.2) is 83.0 Å². The molecule has 2 aliphatic rings. The van der Waals surface area contributed by atoms with Crippen LogP contribution >= 0.6 is 0 Å². The Labute approximate surface area is 192 Å². The topological polar surface area (TPSA) is 99.5 Å². The molecule has 2 heterocycles. The monoisotopic (exact) mass is 446 g/mol. The van der Waals surface area contributed by atoms with Crippen LogP contribution in [-0.2, 0) is 0 Å². The van der Waals surface area contributed by atoms with Crippen LogP contribution in [0.1, 0.15) is 41.4 Å². The third kappa shape index (κ3) is 2.72. The van der Waals surface area contributed by atoms with Gasteiger partial charge in [0, 0.05) is 10.8 Å². The first kappa shape index (κ1) is 19.7. The number of nitrogens with zero attached hydrogens (tertiary/aromatic N) is 4. The van der Waals surface area contributed by atoms with Gasteiger partial charge >= 0.3 is 0 Å². The first-order chi connectivity index (χ1) is 16.6. The number of rotatable bonds is 3. The van der Waals surface area contributed by atoms with Crippen molar-refractivity contribution in [3.05, 3.63) is 95.1 Å². The molecule has 0 spiro atoms. The van der Waals surface area contributed by atoms with E-state index in [2.05, 4.69) is 10.2 Å². The zero-order valence-electron chi connectivity index (χ0n) is 17.5. The molecule has 0 bridgehead atoms. The van der Waals surface area contributed by atoms with E-state index >= 15 is 0 Å². The van der Waals surface area contributed by atoms with Crippen molar-refractivity contribution in [3.63, 3.8) is 0 Å². The van der Waals surface area contributed by atoms with Crippen molar-refractivity contribution < 1.29 is 19.2 Å². The van der Waals surface area contributed by atoms with Gasteiger partial charge in [-0.3, -0.25) is 19.2 Å². The summed E-state index contributed by atoms with van der Waals surface area (Å²) in [7, 11) is 0. The molecule has 0 N–H and O–H groups in total. The van der Waals surface area contributed by atoms with E-state index in [0.29, 0.717) is 33.0 Å². The molecule has 0 atom stereocenters. The van der Waals surface area contributed by atoms with Crippen LogP contribution in [0.3, 0.4) is 0 Å². The summed E-state index contributed by atoms with van der Waals surface area (Å²) in [5.74, 6) is -2.26. The maximum Gasteiger partial charge on any atom is 0.282 e. The second-order valence-electron chi connectivity index (χ2n) is 7.79. The fourth-order valence-corrected chi connectivity index (χ4v) is 4.44.